The smallest absolute Gasteiger partial charge is 0.335 e. The molecular formula is C21H26N5O3+. The number of hydrogen-bond acceptors (Lipinski definition) is 5. The zero-order valence-corrected chi connectivity index (χ0v) is 16.6. The molecular weight excluding hydrogens is 370 g/mol. The largest absolute Gasteiger partial charge is 0.493 e. The third-order valence-electron chi connectivity index (χ3n) is 5.00. The lowest BCUT2D eigenvalue weighted by Gasteiger charge is -2.14. The molecule has 8 heteroatoms. The van der Waals surface area contributed by atoms with Crippen LogP contribution in [0.15, 0.2) is 57.2 Å². The number of nitrogens with zero attached hydrogens (tertiary/aromatic N) is 2. The molecule has 0 aliphatic heterocycles. The van der Waals surface area contributed by atoms with Crippen LogP contribution >= 0.6 is 0 Å². The van der Waals surface area contributed by atoms with Crippen LogP contribution in [0.4, 0.5) is 0 Å². The van der Waals surface area contributed by atoms with Crippen LogP contribution < -0.4 is 21.6 Å². The van der Waals surface area contributed by atoms with E-state index in [-0.39, 0.29) is 5.56 Å². The summed E-state index contributed by atoms with van der Waals surface area (Å²) in [5.74, 6) is -0.449. The molecule has 0 saturated heterocycles. The first-order valence-electron chi connectivity index (χ1n) is 9.72. The molecule has 1 heterocycles. The fourth-order valence-corrected chi connectivity index (χ4v) is 3.29. The van der Waals surface area contributed by atoms with Gasteiger partial charge in [-0.3, -0.25) is 9.78 Å². The van der Waals surface area contributed by atoms with Crippen molar-refractivity contribution in [3.05, 3.63) is 68.9 Å². The molecule has 3 rings (SSSR count). The predicted octanol–water partition coefficient (Wildman–Crippen LogP) is 0.233. The number of quaternary nitrogens is 1. The Hall–Kier alpha value is -3.39. The van der Waals surface area contributed by atoms with Crippen LogP contribution in [-0.4, -0.2) is 47.1 Å². The average molecular weight is 396 g/mol. The zero-order valence-electron chi connectivity index (χ0n) is 16.6. The maximum atomic E-state index is 12.5. The third-order valence-corrected chi connectivity index (χ3v) is 5.00. The molecule has 0 saturated carbocycles. The fraction of sp³-hybridized carbons (Fsp3) is 0.286. The number of hydrazone groups is 1. The lowest BCUT2D eigenvalue weighted by Crippen LogP contribution is -3.12. The average Bonchev–Trinajstić information content (AvgIpc) is 2.72. The Morgan fingerprint density at radius 3 is 2.62 bits per heavy atom. The van der Waals surface area contributed by atoms with E-state index in [9.17, 15) is 14.7 Å². The summed E-state index contributed by atoms with van der Waals surface area (Å²) in [6.45, 7) is 7.82. The van der Waals surface area contributed by atoms with Gasteiger partial charge >= 0.3 is 5.69 Å². The Labute approximate surface area is 168 Å². The Balaban J connectivity index is 1.94. The predicted molar refractivity (Wildman–Crippen MR) is 114 cm³/mol. The summed E-state index contributed by atoms with van der Waals surface area (Å²) in [6.07, 6.45) is 1.24. The molecule has 0 spiro atoms. The highest BCUT2D eigenvalue weighted by atomic mass is 16.3. The van der Waals surface area contributed by atoms with Crippen molar-refractivity contribution >= 4 is 17.0 Å². The molecule has 0 aliphatic carbocycles. The van der Waals surface area contributed by atoms with Crippen molar-refractivity contribution in [1.29, 1.82) is 0 Å². The number of aromatic nitrogens is 2. The van der Waals surface area contributed by atoms with E-state index in [2.05, 4.69) is 29.4 Å². The molecule has 4 N–H and O–H groups in total. The van der Waals surface area contributed by atoms with Gasteiger partial charge in [0, 0.05) is 5.39 Å². The number of aromatic hydroxyl groups is 1. The standard InChI is InChI=1S/C21H25N5O3/c1-3-25(4-2)13-12-22-23-14-17-19(27)24-21(29)26(20(17)28)18-11-7-9-15-8-5-6-10-16(15)18/h5-11,14,22,28H,3-4,12-13H2,1-2H3,(H,24,27,29)/p+1/b23-14+. The molecule has 0 aliphatic rings. The Bertz CT molecular complexity index is 1120. The van der Waals surface area contributed by atoms with Crippen LogP contribution in [0.5, 0.6) is 5.88 Å². The minimum Gasteiger partial charge on any atom is -0.493 e. The molecule has 1 aromatic heterocycles. The molecule has 8 nitrogen and oxygen atoms in total. The number of likely N-dealkylation sites (N-methyl/N-ethyl adjacent to an activating group) is 1. The molecule has 29 heavy (non-hydrogen) atoms. The highest BCUT2D eigenvalue weighted by Crippen LogP contribution is 2.24. The van der Waals surface area contributed by atoms with Gasteiger partial charge in [-0.25, -0.2) is 9.36 Å². The number of benzene rings is 2. The summed E-state index contributed by atoms with van der Waals surface area (Å²) in [4.78, 5) is 28.4. The number of aromatic amines is 1. The van der Waals surface area contributed by atoms with E-state index >= 15 is 0 Å². The number of fused-ring (bicyclic) bond motifs is 1. The summed E-state index contributed by atoms with van der Waals surface area (Å²) in [7, 11) is 0. The van der Waals surface area contributed by atoms with Gasteiger partial charge in [-0.05, 0) is 25.3 Å². The van der Waals surface area contributed by atoms with E-state index in [0.29, 0.717) is 12.2 Å². The lowest BCUT2D eigenvalue weighted by molar-refractivity contribution is -0.895. The molecule has 2 aromatic carbocycles. The van der Waals surface area contributed by atoms with Crippen molar-refractivity contribution in [2.24, 2.45) is 5.10 Å². The van der Waals surface area contributed by atoms with Crippen molar-refractivity contribution in [2.45, 2.75) is 13.8 Å². The molecule has 152 valence electrons. The van der Waals surface area contributed by atoms with E-state index in [1.54, 1.807) is 12.1 Å². The van der Waals surface area contributed by atoms with Crippen molar-refractivity contribution in [3.63, 3.8) is 0 Å². The summed E-state index contributed by atoms with van der Waals surface area (Å²) in [5.41, 5.74) is 1.89. The van der Waals surface area contributed by atoms with Crippen molar-refractivity contribution in [1.82, 2.24) is 15.0 Å². The van der Waals surface area contributed by atoms with Gasteiger partial charge in [0.25, 0.3) is 5.56 Å². The summed E-state index contributed by atoms with van der Waals surface area (Å²) < 4.78 is 1.09. The SMILES string of the molecule is CC[NH+](CC)CCN/N=C/c1c(O)n(-c2cccc3ccccc23)c(=O)[nH]c1=O. The highest BCUT2D eigenvalue weighted by molar-refractivity contribution is 5.91. The number of rotatable bonds is 8. The Morgan fingerprint density at radius 2 is 1.86 bits per heavy atom. The van der Waals surface area contributed by atoms with Gasteiger partial charge in [-0.15, -0.1) is 0 Å². The van der Waals surface area contributed by atoms with Crippen LogP contribution in [0.3, 0.4) is 0 Å². The van der Waals surface area contributed by atoms with Gasteiger partial charge in [0.05, 0.1) is 38.1 Å². The van der Waals surface area contributed by atoms with Crippen molar-refractivity contribution in [3.8, 4) is 11.6 Å². The number of hydrogen-bond donors (Lipinski definition) is 4. The minimum absolute atomic E-state index is 0.0831. The summed E-state index contributed by atoms with van der Waals surface area (Å²) in [5, 5.41) is 16.4. The normalized spacial score (nSPS) is 11.6. The number of H-pyrrole nitrogens is 1. The van der Waals surface area contributed by atoms with Gasteiger partial charge < -0.3 is 15.4 Å². The van der Waals surface area contributed by atoms with Crippen LogP contribution in [0.25, 0.3) is 16.5 Å². The monoisotopic (exact) mass is 396 g/mol. The first kappa shape index (κ1) is 20.3. The topological polar surface area (TPSA) is 104 Å². The fourth-order valence-electron chi connectivity index (χ4n) is 3.29. The van der Waals surface area contributed by atoms with E-state index in [0.717, 1.165) is 35.0 Å². The second kappa shape index (κ2) is 9.20. The van der Waals surface area contributed by atoms with Gasteiger partial charge in [0.2, 0.25) is 5.88 Å². The summed E-state index contributed by atoms with van der Waals surface area (Å²) >= 11 is 0. The highest BCUT2D eigenvalue weighted by Gasteiger charge is 2.16. The molecule has 0 bridgehead atoms. The van der Waals surface area contributed by atoms with Crippen LogP contribution in [0.1, 0.15) is 19.4 Å². The van der Waals surface area contributed by atoms with Gasteiger partial charge in [-0.2, -0.15) is 5.10 Å². The van der Waals surface area contributed by atoms with Crippen LogP contribution in [-0.2, 0) is 0 Å². The molecule has 0 fully saturated rings. The van der Waals surface area contributed by atoms with Gasteiger partial charge in [-0.1, -0.05) is 36.4 Å². The minimum atomic E-state index is -0.709. The van der Waals surface area contributed by atoms with E-state index in [1.807, 2.05) is 30.3 Å². The van der Waals surface area contributed by atoms with E-state index in [4.69, 9.17) is 0 Å². The molecule has 3 aromatic rings. The van der Waals surface area contributed by atoms with Gasteiger partial charge in [0.1, 0.15) is 5.56 Å². The molecule has 0 amide bonds. The first-order valence-corrected chi connectivity index (χ1v) is 9.72. The first-order chi connectivity index (χ1) is 14.1. The van der Waals surface area contributed by atoms with E-state index in [1.165, 1.54) is 11.1 Å². The van der Waals surface area contributed by atoms with Crippen molar-refractivity contribution in [2.75, 3.05) is 26.2 Å². The Kier molecular flexibility index (Phi) is 6.46. The van der Waals surface area contributed by atoms with E-state index < -0.39 is 17.1 Å². The van der Waals surface area contributed by atoms with Crippen LogP contribution in [0.2, 0.25) is 0 Å². The number of nitrogens with one attached hydrogen (secondary N) is 3. The molecule has 0 radical (unpaired) electrons. The maximum Gasteiger partial charge on any atom is 0.335 e. The zero-order chi connectivity index (χ0) is 20.8. The quantitative estimate of drug-likeness (QED) is 0.249. The second-order valence-corrected chi connectivity index (χ2v) is 6.70. The van der Waals surface area contributed by atoms with Gasteiger partial charge in [0.15, 0.2) is 0 Å². The second-order valence-electron chi connectivity index (χ2n) is 6.70. The third kappa shape index (κ3) is 4.38. The van der Waals surface area contributed by atoms with Crippen molar-refractivity contribution < 1.29 is 10.0 Å². The Morgan fingerprint density at radius 1 is 1.14 bits per heavy atom. The van der Waals surface area contributed by atoms with Crippen LogP contribution in [0, 0.1) is 0 Å². The molecule has 0 unspecified atom stereocenters. The molecule has 0 atom stereocenters. The maximum absolute atomic E-state index is 12.5. The summed E-state index contributed by atoms with van der Waals surface area (Å²) in [6, 6.07) is 12.9. The lowest BCUT2D eigenvalue weighted by atomic mass is 10.1.